The molecule has 0 heterocycles. The summed E-state index contributed by atoms with van der Waals surface area (Å²) in [6.07, 6.45) is 0. The Morgan fingerprint density at radius 2 is 2.00 bits per heavy atom. The van der Waals surface area contributed by atoms with Gasteiger partial charge < -0.3 is 9.47 Å². The Morgan fingerprint density at radius 1 is 1.16 bits per heavy atom. The van der Waals surface area contributed by atoms with Crippen LogP contribution in [0.5, 0.6) is 11.5 Å². The molecule has 0 spiro atoms. The van der Waals surface area contributed by atoms with E-state index in [-0.39, 0.29) is 0 Å². The average Bonchev–Trinajstić information content (AvgIpc) is 2.45. The first-order chi connectivity index (χ1) is 9.22. The summed E-state index contributed by atoms with van der Waals surface area (Å²) in [6.45, 7) is 2.38. The summed E-state index contributed by atoms with van der Waals surface area (Å²) in [7, 11) is 1.63. The van der Waals surface area contributed by atoms with Gasteiger partial charge in [0.2, 0.25) is 0 Å². The number of nitrogens with zero attached hydrogens (tertiary/aromatic N) is 1. The lowest BCUT2D eigenvalue weighted by Crippen LogP contribution is -1.98. The highest BCUT2D eigenvalue weighted by molar-refractivity contribution is 5.45. The van der Waals surface area contributed by atoms with Gasteiger partial charge in [0.15, 0.2) is 0 Å². The van der Waals surface area contributed by atoms with Crippen LogP contribution < -0.4 is 9.47 Å². The van der Waals surface area contributed by atoms with Gasteiger partial charge >= 0.3 is 0 Å². The molecule has 96 valence electrons. The van der Waals surface area contributed by atoms with Crippen LogP contribution in [0.25, 0.3) is 0 Å². The van der Waals surface area contributed by atoms with Crippen molar-refractivity contribution in [3.8, 4) is 17.6 Å². The molecule has 0 saturated carbocycles. The van der Waals surface area contributed by atoms with Crippen LogP contribution in [0.1, 0.15) is 16.7 Å². The van der Waals surface area contributed by atoms with Crippen molar-refractivity contribution in [3.63, 3.8) is 0 Å². The molecule has 0 aliphatic carbocycles. The zero-order valence-corrected chi connectivity index (χ0v) is 11.0. The SMILES string of the molecule is COc1cccc(COc2cc(C)ccc2C#N)c1. The van der Waals surface area contributed by atoms with Crippen LogP contribution in [0.3, 0.4) is 0 Å². The molecule has 19 heavy (non-hydrogen) atoms. The third kappa shape index (κ3) is 3.26. The molecule has 0 saturated heterocycles. The molecule has 0 bridgehead atoms. The Labute approximate surface area is 113 Å². The predicted molar refractivity (Wildman–Crippen MR) is 73.2 cm³/mol. The van der Waals surface area contributed by atoms with E-state index in [4.69, 9.17) is 14.7 Å². The van der Waals surface area contributed by atoms with Crippen LogP contribution in [0.4, 0.5) is 0 Å². The van der Waals surface area contributed by atoms with Crippen molar-refractivity contribution < 1.29 is 9.47 Å². The molecule has 0 atom stereocenters. The molecule has 0 N–H and O–H groups in total. The van der Waals surface area contributed by atoms with Crippen LogP contribution in [0, 0.1) is 18.3 Å². The standard InChI is InChI=1S/C16H15NO2/c1-12-6-7-14(10-17)16(8-12)19-11-13-4-3-5-15(9-13)18-2/h3-9H,11H2,1-2H3. The molecule has 0 aromatic heterocycles. The summed E-state index contributed by atoms with van der Waals surface area (Å²) >= 11 is 0. The van der Waals surface area contributed by atoms with Gasteiger partial charge in [0.25, 0.3) is 0 Å². The Balaban J connectivity index is 2.14. The van der Waals surface area contributed by atoms with E-state index in [2.05, 4.69) is 6.07 Å². The van der Waals surface area contributed by atoms with E-state index in [1.54, 1.807) is 13.2 Å². The number of rotatable bonds is 4. The summed E-state index contributed by atoms with van der Waals surface area (Å²) in [6, 6.07) is 15.4. The monoisotopic (exact) mass is 253 g/mol. The second-order valence-electron chi connectivity index (χ2n) is 4.25. The zero-order valence-electron chi connectivity index (χ0n) is 11.0. The van der Waals surface area contributed by atoms with Crippen molar-refractivity contribution in [2.45, 2.75) is 13.5 Å². The van der Waals surface area contributed by atoms with Gasteiger partial charge in [-0.15, -0.1) is 0 Å². The molecule has 0 unspecified atom stereocenters. The first-order valence-corrected chi connectivity index (χ1v) is 5.99. The Bertz CT molecular complexity index is 614. The summed E-state index contributed by atoms with van der Waals surface area (Å²) in [5.74, 6) is 1.41. The number of ether oxygens (including phenoxy) is 2. The third-order valence-electron chi connectivity index (χ3n) is 2.79. The van der Waals surface area contributed by atoms with Crippen LogP contribution >= 0.6 is 0 Å². The highest BCUT2D eigenvalue weighted by atomic mass is 16.5. The fourth-order valence-corrected chi connectivity index (χ4v) is 1.76. The Kier molecular flexibility index (Phi) is 4.04. The smallest absolute Gasteiger partial charge is 0.137 e. The van der Waals surface area contributed by atoms with Gasteiger partial charge in [-0.2, -0.15) is 5.26 Å². The van der Waals surface area contributed by atoms with E-state index < -0.39 is 0 Å². The lowest BCUT2D eigenvalue weighted by atomic mass is 10.1. The van der Waals surface area contributed by atoms with Gasteiger partial charge in [-0.05, 0) is 42.3 Å². The van der Waals surface area contributed by atoms with Crippen molar-refractivity contribution in [2.75, 3.05) is 7.11 Å². The molecule has 0 radical (unpaired) electrons. The first kappa shape index (κ1) is 13.0. The van der Waals surface area contributed by atoms with Crippen LogP contribution in [0.2, 0.25) is 0 Å². The maximum absolute atomic E-state index is 9.04. The third-order valence-corrected chi connectivity index (χ3v) is 2.79. The molecular formula is C16H15NO2. The lowest BCUT2D eigenvalue weighted by molar-refractivity contribution is 0.304. The van der Waals surface area contributed by atoms with Crippen molar-refractivity contribution in [1.29, 1.82) is 5.26 Å². The van der Waals surface area contributed by atoms with Crippen molar-refractivity contribution in [1.82, 2.24) is 0 Å². The number of hydrogen-bond donors (Lipinski definition) is 0. The van der Waals surface area contributed by atoms with Gasteiger partial charge in [-0.1, -0.05) is 18.2 Å². The van der Waals surface area contributed by atoms with E-state index in [9.17, 15) is 0 Å². The van der Waals surface area contributed by atoms with Gasteiger partial charge in [-0.3, -0.25) is 0 Å². The molecule has 0 aliphatic heterocycles. The van der Waals surface area contributed by atoms with Crippen LogP contribution in [-0.2, 0) is 6.61 Å². The summed E-state index contributed by atoms with van der Waals surface area (Å²) in [5.41, 5.74) is 2.62. The number of hydrogen-bond acceptors (Lipinski definition) is 3. The van der Waals surface area contributed by atoms with E-state index in [0.717, 1.165) is 16.9 Å². The van der Waals surface area contributed by atoms with Crippen molar-refractivity contribution in [2.24, 2.45) is 0 Å². The largest absolute Gasteiger partial charge is 0.497 e. The molecule has 0 fully saturated rings. The highest BCUT2D eigenvalue weighted by Gasteiger charge is 2.04. The molecule has 0 aliphatic rings. The van der Waals surface area contributed by atoms with Crippen LogP contribution in [0.15, 0.2) is 42.5 Å². The Hall–Kier alpha value is -2.47. The topological polar surface area (TPSA) is 42.2 Å². The molecule has 3 heteroatoms. The lowest BCUT2D eigenvalue weighted by Gasteiger charge is -2.09. The maximum Gasteiger partial charge on any atom is 0.137 e. The van der Waals surface area contributed by atoms with Crippen molar-refractivity contribution in [3.05, 3.63) is 59.2 Å². The van der Waals surface area contributed by atoms with Crippen LogP contribution in [-0.4, -0.2) is 7.11 Å². The van der Waals surface area contributed by atoms with E-state index in [1.807, 2.05) is 43.3 Å². The minimum absolute atomic E-state index is 0.412. The van der Waals surface area contributed by atoms with Gasteiger partial charge in [0, 0.05) is 0 Å². The number of nitriles is 1. The fraction of sp³-hybridized carbons (Fsp3) is 0.188. The summed E-state index contributed by atoms with van der Waals surface area (Å²) in [4.78, 5) is 0. The van der Waals surface area contributed by atoms with E-state index in [0.29, 0.717) is 17.9 Å². The van der Waals surface area contributed by atoms with Gasteiger partial charge in [0.05, 0.1) is 12.7 Å². The maximum atomic E-state index is 9.04. The normalized spacial score (nSPS) is 9.74. The molecule has 2 aromatic rings. The van der Waals surface area contributed by atoms with Gasteiger partial charge in [-0.25, -0.2) is 0 Å². The molecule has 2 rings (SSSR count). The molecular weight excluding hydrogens is 238 g/mol. The van der Waals surface area contributed by atoms with E-state index in [1.165, 1.54) is 0 Å². The zero-order chi connectivity index (χ0) is 13.7. The molecule has 0 amide bonds. The molecule has 2 aromatic carbocycles. The minimum atomic E-state index is 0.412. The second-order valence-corrected chi connectivity index (χ2v) is 4.25. The highest BCUT2D eigenvalue weighted by Crippen LogP contribution is 2.21. The molecule has 3 nitrogen and oxygen atoms in total. The number of benzene rings is 2. The second kappa shape index (κ2) is 5.92. The van der Waals surface area contributed by atoms with E-state index >= 15 is 0 Å². The summed E-state index contributed by atoms with van der Waals surface area (Å²) in [5, 5.41) is 9.04. The Morgan fingerprint density at radius 3 is 2.74 bits per heavy atom. The number of aryl methyl sites for hydroxylation is 1. The van der Waals surface area contributed by atoms with Gasteiger partial charge in [0.1, 0.15) is 24.2 Å². The predicted octanol–water partition coefficient (Wildman–Crippen LogP) is 3.45. The number of methoxy groups -OCH3 is 1. The average molecular weight is 253 g/mol. The summed E-state index contributed by atoms with van der Waals surface area (Å²) < 4.78 is 10.9. The quantitative estimate of drug-likeness (QED) is 0.838. The first-order valence-electron chi connectivity index (χ1n) is 5.99. The van der Waals surface area contributed by atoms with Crippen molar-refractivity contribution >= 4 is 0 Å². The fourth-order valence-electron chi connectivity index (χ4n) is 1.76. The minimum Gasteiger partial charge on any atom is -0.497 e.